The molecule has 0 fully saturated rings. The minimum atomic E-state index is -0.464. The summed E-state index contributed by atoms with van der Waals surface area (Å²) in [5.41, 5.74) is 1.63. The summed E-state index contributed by atoms with van der Waals surface area (Å²) in [6, 6.07) is 5.09. The van der Waals surface area contributed by atoms with Crippen LogP contribution in [0.2, 0.25) is 0 Å². The normalized spacial score (nSPS) is 13.0. The van der Waals surface area contributed by atoms with Gasteiger partial charge in [-0.25, -0.2) is 0 Å². The Labute approximate surface area is 66.1 Å². The lowest BCUT2D eigenvalue weighted by Gasteiger charge is -2.05. The zero-order valence-electron chi connectivity index (χ0n) is 6.70. The number of aliphatic hydroxyl groups is 1. The van der Waals surface area contributed by atoms with Gasteiger partial charge >= 0.3 is 0 Å². The molecule has 0 aliphatic carbocycles. The number of aliphatic hydroxyl groups excluding tert-OH is 1. The predicted octanol–water partition coefficient (Wildman–Crippen LogP) is 1.75. The second-order valence-corrected chi connectivity index (χ2v) is 2.72. The van der Waals surface area contributed by atoms with Gasteiger partial charge in [0.1, 0.15) is 5.75 Å². The SMILES string of the molecule is Cc1cc([C@@H](C)O)ccc1O. The molecular formula is C9H12O2. The van der Waals surface area contributed by atoms with Crippen LogP contribution in [0.4, 0.5) is 0 Å². The maximum absolute atomic E-state index is 9.16. The zero-order valence-corrected chi connectivity index (χ0v) is 6.70. The number of rotatable bonds is 1. The zero-order chi connectivity index (χ0) is 8.43. The number of hydrogen-bond acceptors (Lipinski definition) is 2. The first kappa shape index (κ1) is 8.08. The molecule has 11 heavy (non-hydrogen) atoms. The number of benzene rings is 1. The molecular weight excluding hydrogens is 140 g/mol. The fraction of sp³-hybridized carbons (Fsp3) is 0.333. The summed E-state index contributed by atoms with van der Waals surface area (Å²) in [4.78, 5) is 0. The molecule has 0 aliphatic heterocycles. The van der Waals surface area contributed by atoms with E-state index in [1.165, 1.54) is 0 Å². The Morgan fingerprint density at radius 2 is 2.00 bits per heavy atom. The van der Waals surface area contributed by atoms with Gasteiger partial charge < -0.3 is 10.2 Å². The number of aryl methyl sites for hydroxylation is 1. The molecule has 2 N–H and O–H groups in total. The summed E-state index contributed by atoms with van der Waals surface area (Å²) in [7, 11) is 0. The van der Waals surface area contributed by atoms with Gasteiger partial charge in [0.15, 0.2) is 0 Å². The second-order valence-electron chi connectivity index (χ2n) is 2.72. The van der Waals surface area contributed by atoms with Crippen molar-refractivity contribution in [1.29, 1.82) is 0 Å². The molecule has 2 nitrogen and oxygen atoms in total. The van der Waals surface area contributed by atoms with Gasteiger partial charge in [0.2, 0.25) is 0 Å². The fourth-order valence-electron chi connectivity index (χ4n) is 0.939. The Bertz CT molecular complexity index is 254. The van der Waals surface area contributed by atoms with Crippen molar-refractivity contribution in [2.75, 3.05) is 0 Å². The van der Waals surface area contributed by atoms with E-state index in [2.05, 4.69) is 0 Å². The summed E-state index contributed by atoms with van der Waals surface area (Å²) < 4.78 is 0. The largest absolute Gasteiger partial charge is 0.508 e. The summed E-state index contributed by atoms with van der Waals surface area (Å²) in [6.45, 7) is 3.51. The van der Waals surface area contributed by atoms with Crippen molar-refractivity contribution in [3.05, 3.63) is 29.3 Å². The number of phenols is 1. The van der Waals surface area contributed by atoms with Crippen molar-refractivity contribution < 1.29 is 10.2 Å². The van der Waals surface area contributed by atoms with Crippen molar-refractivity contribution in [1.82, 2.24) is 0 Å². The molecule has 1 aromatic carbocycles. The average Bonchev–Trinajstić information content (AvgIpc) is 1.94. The van der Waals surface area contributed by atoms with Gasteiger partial charge in [0, 0.05) is 0 Å². The monoisotopic (exact) mass is 152 g/mol. The highest BCUT2D eigenvalue weighted by Gasteiger charge is 2.01. The van der Waals surface area contributed by atoms with E-state index in [-0.39, 0.29) is 5.75 Å². The number of aromatic hydroxyl groups is 1. The van der Waals surface area contributed by atoms with Gasteiger partial charge in [-0.05, 0) is 37.1 Å². The first-order valence-electron chi connectivity index (χ1n) is 3.59. The van der Waals surface area contributed by atoms with E-state index in [0.29, 0.717) is 0 Å². The van der Waals surface area contributed by atoms with Crippen molar-refractivity contribution in [2.24, 2.45) is 0 Å². The highest BCUT2D eigenvalue weighted by Crippen LogP contribution is 2.20. The van der Waals surface area contributed by atoms with Crippen LogP contribution in [0, 0.1) is 6.92 Å². The summed E-state index contributed by atoms with van der Waals surface area (Å²) in [6.07, 6.45) is -0.464. The van der Waals surface area contributed by atoms with E-state index in [1.807, 2.05) is 0 Å². The summed E-state index contributed by atoms with van der Waals surface area (Å²) >= 11 is 0. The van der Waals surface area contributed by atoms with Crippen LogP contribution < -0.4 is 0 Å². The molecule has 0 spiro atoms. The standard InChI is InChI=1S/C9H12O2/c1-6-5-8(7(2)10)3-4-9(6)11/h3-5,7,10-11H,1-2H3/t7-/m1/s1. The van der Waals surface area contributed by atoms with Gasteiger partial charge in [0.25, 0.3) is 0 Å². The third kappa shape index (κ3) is 1.71. The van der Waals surface area contributed by atoms with Crippen LogP contribution in [0.25, 0.3) is 0 Å². The molecule has 2 heteroatoms. The van der Waals surface area contributed by atoms with Crippen molar-refractivity contribution in [2.45, 2.75) is 20.0 Å². The molecule has 0 radical (unpaired) electrons. The predicted molar refractivity (Wildman–Crippen MR) is 43.5 cm³/mol. The lowest BCUT2D eigenvalue weighted by molar-refractivity contribution is 0.199. The first-order valence-corrected chi connectivity index (χ1v) is 3.59. The smallest absolute Gasteiger partial charge is 0.118 e. The van der Waals surface area contributed by atoms with Crippen molar-refractivity contribution >= 4 is 0 Å². The summed E-state index contributed by atoms with van der Waals surface area (Å²) in [5, 5.41) is 18.3. The van der Waals surface area contributed by atoms with E-state index < -0.39 is 6.10 Å². The molecule has 0 aliphatic rings. The maximum Gasteiger partial charge on any atom is 0.118 e. The topological polar surface area (TPSA) is 40.5 Å². The molecule has 0 unspecified atom stereocenters. The Morgan fingerprint density at radius 1 is 1.36 bits per heavy atom. The van der Waals surface area contributed by atoms with Crippen molar-refractivity contribution in [3.63, 3.8) is 0 Å². The van der Waals surface area contributed by atoms with Crippen LogP contribution in [0.1, 0.15) is 24.2 Å². The third-order valence-corrected chi connectivity index (χ3v) is 1.70. The van der Waals surface area contributed by atoms with Gasteiger partial charge in [-0.1, -0.05) is 6.07 Å². The Hall–Kier alpha value is -1.02. The Kier molecular flexibility index (Phi) is 2.15. The van der Waals surface area contributed by atoms with Crippen LogP contribution >= 0.6 is 0 Å². The first-order chi connectivity index (χ1) is 5.11. The minimum absolute atomic E-state index is 0.273. The van der Waals surface area contributed by atoms with E-state index in [0.717, 1.165) is 11.1 Å². The quantitative estimate of drug-likeness (QED) is 0.643. The van der Waals surface area contributed by atoms with Crippen LogP contribution in [0.5, 0.6) is 5.75 Å². The summed E-state index contributed by atoms with van der Waals surface area (Å²) in [5.74, 6) is 0.273. The maximum atomic E-state index is 9.16. The third-order valence-electron chi connectivity index (χ3n) is 1.70. The van der Waals surface area contributed by atoms with Crippen LogP contribution in [-0.2, 0) is 0 Å². The van der Waals surface area contributed by atoms with Crippen LogP contribution in [0.15, 0.2) is 18.2 Å². The lowest BCUT2D eigenvalue weighted by atomic mass is 10.1. The van der Waals surface area contributed by atoms with E-state index in [4.69, 9.17) is 10.2 Å². The Balaban J connectivity index is 3.05. The Morgan fingerprint density at radius 3 is 2.45 bits per heavy atom. The van der Waals surface area contributed by atoms with E-state index >= 15 is 0 Å². The molecule has 0 amide bonds. The van der Waals surface area contributed by atoms with Crippen molar-refractivity contribution in [3.8, 4) is 5.75 Å². The highest BCUT2D eigenvalue weighted by molar-refractivity contribution is 5.35. The highest BCUT2D eigenvalue weighted by atomic mass is 16.3. The molecule has 0 aromatic heterocycles. The lowest BCUT2D eigenvalue weighted by Crippen LogP contribution is -1.90. The molecule has 0 bridgehead atoms. The van der Waals surface area contributed by atoms with E-state index in [1.54, 1.807) is 32.0 Å². The van der Waals surface area contributed by atoms with Crippen LogP contribution in [-0.4, -0.2) is 10.2 Å². The molecule has 0 saturated carbocycles. The number of phenolic OH excluding ortho intramolecular Hbond substituents is 1. The van der Waals surface area contributed by atoms with Crippen LogP contribution in [0.3, 0.4) is 0 Å². The molecule has 1 atom stereocenters. The van der Waals surface area contributed by atoms with Gasteiger partial charge in [-0.2, -0.15) is 0 Å². The van der Waals surface area contributed by atoms with Gasteiger partial charge in [-0.15, -0.1) is 0 Å². The molecule has 1 rings (SSSR count). The average molecular weight is 152 g/mol. The molecule has 0 saturated heterocycles. The number of hydrogen-bond donors (Lipinski definition) is 2. The minimum Gasteiger partial charge on any atom is -0.508 e. The molecule has 0 heterocycles. The van der Waals surface area contributed by atoms with Gasteiger partial charge in [-0.3, -0.25) is 0 Å². The molecule has 1 aromatic rings. The molecule has 60 valence electrons. The second kappa shape index (κ2) is 2.93. The van der Waals surface area contributed by atoms with Gasteiger partial charge in [0.05, 0.1) is 6.10 Å². The fourth-order valence-corrected chi connectivity index (χ4v) is 0.939. The van der Waals surface area contributed by atoms with E-state index in [9.17, 15) is 0 Å².